The molecule has 1 N–H and O–H groups in total. The van der Waals surface area contributed by atoms with Crippen LogP contribution >= 0.6 is 11.8 Å². The van der Waals surface area contributed by atoms with Crippen LogP contribution in [-0.4, -0.2) is 26.4 Å². The lowest BCUT2D eigenvalue weighted by Crippen LogP contribution is -2.14. The Labute approximate surface area is 157 Å². The van der Waals surface area contributed by atoms with E-state index in [-0.39, 0.29) is 11.7 Å². The molecule has 0 aliphatic heterocycles. The maximum Gasteiger partial charge on any atom is 0.234 e. The van der Waals surface area contributed by atoms with Crippen molar-refractivity contribution in [2.75, 3.05) is 11.1 Å². The third kappa shape index (κ3) is 3.99. The standard InChI is InChI=1S/C19H22N4O2S/c1-4-14-6-8-15(9-7-14)20-17(24)12-26-19-22-21-18(23(19)5-2)16-10-11-25-13(16)3/h6-11H,4-5,12H2,1-3H3,(H,20,24). The number of carbonyl (C=O) groups is 1. The number of carbonyl (C=O) groups excluding carboxylic acids is 1. The van der Waals surface area contributed by atoms with Gasteiger partial charge in [-0.05, 0) is 44.0 Å². The van der Waals surface area contributed by atoms with Gasteiger partial charge in [-0.15, -0.1) is 10.2 Å². The second-order valence-corrected chi connectivity index (χ2v) is 6.77. The van der Waals surface area contributed by atoms with Crippen molar-refractivity contribution in [3.63, 3.8) is 0 Å². The van der Waals surface area contributed by atoms with Crippen LogP contribution in [0.25, 0.3) is 11.4 Å². The number of anilines is 1. The lowest BCUT2D eigenvalue weighted by Gasteiger charge is -2.08. The number of rotatable bonds is 7. The minimum absolute atomic E-state index is 0.0639. The van der Waals surface area contributed by atoms with E-state index in [1.165, 1.54) is 17.3 Å². The number of aryl methyl sites for hydroxylation is 2. The SMILES string of the molecule is CCc1ccc(NC(=O)CSc2nnc(-c3ccoc3C)n2CC)cc1. The first-order valence-corrected chi connectivity index (χ1v) is 9.60. The highest BCUT2D eigenvalue weighted by Gasteiger charge is 2.17. The monoisotopic (exact) mass is 370 g/mol. The molecule has 0 atom stereocenters. The van der Waals surface area contributed by atoms with Crippen LogP contribution in [0.3, 0.4) is 0 Å². The smallest absolute Gasteiger partial charge is 0.234 e. The Kier molecular flexibility index (Phi) is 5.78. The Bertz CT molecular complexity index is 883. The molecule has 0 unspecified atom stereocenters. The van der Waals surface area contributed by atoms with Crippen LogP contribution in [0, 0.1) is 6.92 Å². The number of aromatic nitrogens is 3. The second kappa shape index (κ2) is 8.23. The van der Waals surface area contributed by atoms with Gasteiger partial charge in [0.2, 0.25) is 5.91 Å². The van der Waals surface area contributed by atoms with Gasteiger partial charge in [0.05, 0.1) is 17.6 Å². The molecule has 0 saturated heterocycles. The van der Waals surface area contributed by atoms with Gasteiger partial charge in [-0.3, -0.25) is 4.79 Å². The van der Waals surface area contributed by atoms with Gasteiger partial charge in [0.1, 0.15) is 5.76 Å². The summed E-state index contributed by atoms with van der Waals surface area (Å²) in [5, 5.41) is 12.1. The molecule has 1 amide bonds. The average molecular weight is 370 g/mol. The van der Waals surface area contributed by atoms with Crippen molar-refractivity contribution < 1.29 is 9.21 Å². The molecule has 1 aromatic carbocycles. The molecule has 136 valence electrons. The van der Waals surface area contributed by atoms with E-state index in [4.69, 9.17) is 4.42 Å². The average Bonchev–Trinajstić information content (AvgIpc) is 3.25. The van der Waals surface area contributed by atoms with Crippen molar-refractivity contribution in [3.8, 4) is 11.4 Å². The molecule has 0 aliphatic carbocycles. The topological polar surface area (TPSA) is 73.0 Å². The minimum atomic E-state index is -0.0639. The molecule has 0 bridgehead atoms. The van der Waals surface area contributed by atoms with E-state index in [9.17, 15) is 4.79 Å². The fourth-order valence-electron chi connectivity index (χ4n) is 2.65. The predicted molar refractivity (Wildman–Crippen MR) is 103 cm³/mol. The molecule has 0 spiro atoms. The number of nitrogens with zero attached hydrogens (tertiary/aromatic N) is 3. The predicted octanol–water partition coefficient (Wildman–Crippen LogP) is 4.16. The Balaban J connectivity index is 1.65. The van der Waals surface area contributed by atoms with Gasteiger partial charge in [-0.1, -0.05) is 30.8 Å². The van der Waals surface area contributed by atoms with E-state index in [0.717, 1.165) is 41.0 Å². The zero-order chi connectivity index (χ0) is 18.5. The zero-order valence-corrected chi connectivity index (χ0v) is 16.0. The normalized spacial score (nSPS) is 10.9. The molecule has 7 heteroatoms. The molecular formula is C19H22N4O2S. The van der Waals surface area contributed by atoms with Gasteiger partial charge < -0.3 is 14.3 Å². The van der Waals surface area contributed by atoms with E-state index in [1.807, 2.05) is 48.7 Å². The molecule has 2 aromatic heterocycles. The van der Waals surface area contributed by atoms with Gasteiger partial charge in [-0.25, -0.2) is 0 Å². The summed E-state index contributed by atoms with van der Waals surface area (Å²) in [7, 11) is 0. The van der Waals surface area contributed by atoms with Crippen molar-refractivity contribution >= 4 is 23.4 Å². The lowest BCUT2D eigenvalue weighted by atomic mass is 10.1. The fourth-order valence-corrected chi connectivity index (χ4v) is 3.45. The Morgan fingerprint density at radius 3 is 2.58 bits per heavy atom. The van der Waals surface area contributed by atoms with Crippen molar-refractivity contribution in [2.24, 2.45) is 0 Å². The quantitative estimate of drug-likeness (QED) is 0.632. The summed E-state index contributed by atoms with van der Waals surface area (Å²) in [5.41, 5.74) is 2.97. The van der Waals surface area contributed by atoms with Crippen LogP contribution in [0.15, 0.2) is 46.2 Å². The highest BCUT2D eigenvalue weighted by atomic mass is 32.2. The van der Waals surface area contributed by atoms with E-state index in [0.29, 0.717) is 0 Å². The van der Waals surface area contributed by atoms with Crippen LogP contribution in [0.2, 0.25) is 0 Å². The van der Waals surface area contributed by atoms with Gasteiger partial charge in [0.15, 0.2) is 11.0 Å². The molecular weight excluding hydrogens is 348 g/mol. The number of furan rings is 1. The van der Waals surface area contributed by atoms with Crippen LogP contribution in [0.4, 0.5) is 5.69 Å². The van der Waals surface area contributed by atoms with E-state index in [2.05, 4.69) is 22.4 Å². The number of amides is 1. The first-order valence-electron chi connectivity index (χ1n) is 8.61. The van der Waals surface area contributed by atoms with Crippen molar-refractivity contribution in [3.05, 3.63) is 47.9 Å². The zero-order valence-electron chi connectivity index (χ0n) is 15.2. The van der Waals surface area contributed by atoms with Gasteiger partial charge in [0.25, 0.3) is 0 Å². The van der Waals surface area contributed by atoms with Crippen molar-refractivity contribution in [2.45, 2.75) is 38.9 Å². The number of nitrogens with one attached hydrogen (secondary N) is 1. The van der Waals surface area contributed by atoms with Gasteiger partial charge >= 0.3 is 0 Å². The Morgan fingerprint density at radius 2 is 1.96 bits per heavy atom. The molecule has 0 fully saturated rings. The molecule has 6 nitrogen and oxygen atoms in total. The molecule has 0 radical (unpaired) electrons. The van der Waals surface area contributed by atoms with Gasteiger partial charge in [0, 0.05) is 12.2 Å². The molecule has 26 heavy (non-hydrogen) atoms. The maximum absolute atomic E-state index is 12.2. The summed E-state index contributed by atoms with van der Waals surface area (Å²) in [6.07, 6.45) is 2.62. The summed E-state index contributed by atoms with van der Waals surface area (Å²) in [6, 6.07) is 9.78. The number of hydrogen-bond acceptors (Lipinski definition) is 5. The lowest BCUT2D eigenvalue weighted by molar-refractivity contribution is -0.113. The van der Waals surface area contributed by atoms with Crippen LogP contribution < -0.4 is 5.32 Å². The molecule has 2 heterocycles. The van der Waals surface area contributed by atoms with E-state index in [1.54, 1.807) is 6.26 Å². The number of hydrogen-bond donors (Lipinski definition) is 1. The van der Waals surface area contributed by atoms with E-state index < -0.39 is 0 Å². The second-order valence-electron chi connectivity index (χ2n) is 5.83. The summed E-state index contributed by atoms with van der Waals surface area (Å²) < 4.78 is 7.35. The Morgan fingerprint density at radius 1 is 1.19 bits per heavy atom. The van der Waals surface area contributed by atoms with Crippen molar-refractivity contribution in [1.29, 1.82) is 0 Å². The van der Waals surface area contributed by atoms with Crippen LogP contribution in [0.5, 0.6) is 0 Å². The summed E-state index contributed by atoms with van der Waals surface area (Å²) in [6.45, 7) is 6.75. The highest BCUT2D eigenvalue weighted by Crippen LogP contribution is 2.27. The first kappa shape index (κ1) is 18.3. The highest BCUT2D eigenvalue weighted by molar-refractivity contribution is 7.99. The van der Waals surface area contributed by atoms with E-state index >= 15 is 0 Å². The van der Waals surface area contributed by atoms with Gasteiger partial charge in [-0.2, -0.15) is 0 Å². The molecule has 0 aliphatic rings. The largest absolute Gasteiger partial charge is 0.469 e. The fraction of sp³-hybridized carbons (Fsp3) is 0.316. The minimum Gasteiger partial charge on any atom is -0.469 e. The summed E-state index contributed by atoms with van der Waals surface area (Å²) in [5.74, 6) is 1.78. The van der Waals surface area contributed by atoms with Crippen molar-refractivity contribution in [1.82, 2.24) is 14.8 Å². The molecule has 3 aromatic rings. The van der Waals surface area contributed by atoms with Crippen LogP contribution in [-0.2, 0) is 17.8 Å². The van der Waals surface area contributed by atoms with Crippen LogP contribution in [0.1, 0.15) is 25.2 Å². The Hall–Kier alpha value is -2.54. The first-order chi connectivity index (χ1) is 12.6. The molecule has 3 rings (SSSR count). The summed E-state index contributed by atoms with van der Waals surface area (Å²) in [4.78, 5) is 12.2. The number of thioether (sulfide) groups is 1. The summed E-state index contributed by atoms with van der Waals surface area (Å²) >= 11 is 1.38. The third-order valence-electron chi connectivity index (χ3n) is 4.11. The molecule has 0 saturated carbocycles. The third-order valence-corrected chi connectivity index (χ3v) is 5.08. The number of benzene rings is 1. The maximum atomic E-state index is 12.2.